The molecule has 1 aromatic carbocycles. The molecular formula is C17H23FN2O2. The molecule has 2 amide bonds. The molecule has 2 rings (SSSR count). The zero-order valence-electron chi connectivity index (χ0n) is 13.1. The van der Waals surface area contributed by atoms with Gasteiger partial charge in [-0.25, -0.2) is 4.39 Å². The van der Waals surface area contributed by atoms with Crippen LogP contribution < -0.4 is 5.32 Å². The zero-order valence-corrected chi connectivity index (χ0v) is 13.1. The van der Waals surface area contributed by atoms with Crippen molar-refractivity contribution >= 4 is 11.8 Å². The van der Waals surface area contributed by atoms with E-state index < -0.39 is 0 Å². The number of nitrogens with one attached hydrogen (secondary N) is 1. The Hall–Kier alpha value is -1.91. The second-order valence-corrected chi connectivity index (χ2v) is 6.21. The molecule has 1 aliphatic rings. The Morgan fingerprint density at radius 3 is 2.36 bits per heavy atom. The van der Waals surface area contributed by atoms with E-state index in [4.69, 9.17) is 0 Å². The molecule has 0 aliphatic carbocycles. The van der Waals surface area contributed by atoms with Gasteiger partial charge in [0.15, 0.2) is 0 Å². The lowest BCUT2D eigenvalue weighted by molar-refractivity contribution is -0.126. The maximum atomic E-state index is 12.9. The van der Waals surface area contributed by atoms with Gasteiger partial charge in [0.2, 0.25) is 5.91 Å². The summed E-state index contributed by atoms with van der Waals surface area (Å²) in [5, 5.41) is 2.95. The van der Waals surface area contributed by atoms with Crippen molar-refractivity contribution in [1.82, 2.24) is 10.2 Å². The van der Waals surface area contributed by atoms with Crippen molar-refractivity contribution in [2.75, 3.05) is 19.6 Å². The zero-order chi connectivity index (χ0) is 16.1. The molecule has 5 heteroatoms. The largest absolute Gasteiger partial charge is 0.356 e. The number of benzene rings is 1. The van der Waals surface area contributed by atoms with E-state index in [0.29, 0.717) is 44.0 Å². The molecule has 0 saturated carbocycles. The van der Waals surface area contributed by atoms with Gasteiger partial charge in [0.25, 0.3) is 5.91 Å². The Bertz CT molecular complexity index is 520. The molecule has 0 atom stereocenters. The van der Waals surface area contributed by atoms with Gasteiger partial charge in [-0.2, -0.15) is 0 Å². The summed E-state index contributed by atoms with van der Waals surface area (Å²) in [4.78, 5) is 26.1. The Morgan fingerprint density at radius 1 is 1.23 bits per heavy atom. The number of nitrogens with zero attached hydrogens (tertiary/aromatic N) is 1. The minimum absolute atomic E-state index is 0.0176. The fraction of sp³-hybridized carbons (Fsp3) is 0.529. The number of amides is 2. The summed E-state index contributed by atoms with van der Waals surface area (Å²) in [5.74, 6) is 0.0563. The number of likely N-dealkylation sites (tertiary alicyclic amines) is 1. The summed E-state index contributed by atoms with van der Waals surface area (Å²) in [6.45, 7) is 5.94. The molecule has 0 radical (unpaired) electrons. The first-order valence-corrected chi connectivity index (χ1v) is 7.80. The van der Waals surface area contributed by atoms with E-state index in [-0.39, 0.29) is 23.5 Å². The second-order valence-electron chi connectivity index (χ2n) is 6.21. The molecule has 1 aliphatic heterocycles. The Labute approximate surface area is 130 Å². The number of halogens is 1. The Kier molecular flexibility index (Phi) is 5.52. The van der Waals surface area contributed by atoms with Gasteiger partial charge in [0, 0.05) is 31.1 Å². The number of piperidine rings is 1. The molecule has 4 nitrogen and oxygen atoms in total. The molecule has 22 heavy (non-hydrogen) atoms. The van der Waals surface area contributed by atoms with E-state index in [1.807, 2.05) is 0 Å². The predicted octanol–water partition coefficient (Wildman–Crippen LogP) is 2.45. The van der Waals surface area contributed by atoms with Gasteiger partial charge in [-0.15, -0.1) is 0 Å². The fourth-order valence-corrected chi connectivity index (χ4v) is 2.57. The van der Waals surface area contributed by atoms with Crippen LogP contribution in [0.2, 0.25) is 0 Å². The third kappa shape index (κ3) is 4.29. The average molecular weight is 306 g/mol. The van der Waals surface area contributed by atoms with E-state index in [1.54, 1.807) is 4.90 Å². The molecule has 120 valence electrons. The summed E-state index contributed by atoms with van der Waals surface area (Å²) in [7, 11) is 0. The number of hydrogen-bond donors (Lipinski definition) is 1. The van der Waals surface area contributed by atoms with Gasteiger partial charge in [0.1, 0.15) is 5.82 Å². The van der Waals surface area contributed by atoms with Gasteiger partial charge in [-0.3, -0.25) is 9.59 Å². The highest BCUT2D eigenvalue weighted by atomic mass is 19.1. The van der Waals surface area contributed by atoms with Gasteiger partial charge in [-0.1, -0.05) is 13.8 Å². The molecular weight excluding hydrogens is 283 g/mol. The highest BCUT2D eigenvalue weighted by Gasteiger charge is 2.27. The summed E-state index contributed by atoms with van der Waals surface area (Å²) in [6, 6.07) is 5.58. The minimum atomic E-state index is -0.350. The highest BCUT2D eigenvalue weighted by molar-refractivity contribution is 5.94. The third-order valence-electron chi connectivity index (χ3n) is 3.93. The van der Waals surface area contributed by atoms with Crippen molar-refractivity contribution in [3.05, 3.63) is 35.6 Å². The van der Waals surface area contributed by atoms with Gasteiger partial charge in [0.05, 0.1) is 0 Å². The van der Waals surface area contributed by atoms with Gasteiger partial charge < -0.3 is 10.2 Å². The lowest BCUT2D eigenvalue weighted by atomic mass is 9.95. The predicted molar refractivity (Wildman–Crippen MR) is 82.9 cm³/mol. The van der Waals surface area contributed by atoms with Crippen LogP contribution in [0.4, 0.5) is 4.39 Å². The van der Waals surface area contributed by atoms with Crippen molar-refractivity contribution in [2.45, 2.75) is 26.7 Å². The van der Waals surface area contributed by atoms with Crippen molar-refractivity contribution in [1.29, 1.82) is 0 Å². The van der Waals surface area contributed by atoms with Gasteiger partial charge >= 0.3 is 0 Å². The Balaban J connectivity index is 1.85. The molecule has 1 N–H and O–H groups in total. The van der Waals surface area contributed by atoms with Crippen LogP contribution in [-0.4, -0.2) is 36.3 Å². The molecule has 0 unspecified atom stereocenters. The minimum Gasteiger partial charge on any atom is -0.356 e. The molecule has 1 heterocycles. The number of hydrogen-bond acceptors (Lipinski definition) is 2. The molecule has 0 bridgehead atoms. The molecule has 1 saturated heterocycles. The van der Waals surface area contributed by atoms with Crippen LogP contribution >= 0.6 is 0 Å². The monoisotopic (exact) mass is 306 g/mol. The molecule has 0 spiro atoms. The number of rotatable bonds is 4. The van der Waals surface area contributed by atoms with Crippen LogP contribution in [0, 0.1) is 17.7 Å². The summed E-state index contributed by atoms with van der Waals surface area (Å²) in [6.07, 6.45) is 1.35. The van der Waals surface area contributed by atoms with E-state index in [1.165, 1.54) is 24.3 Å². The first-order valence-electron chi connectivity index (χ1n) is 7.80. The maximum absolute atomic E-state index is 12.9. The maximum Gasteiger partial charge on any atom is 0.253 e. The second kappa shape index (κ2) is 7.38. The molecule has 1 fully saturated rings. The first kappa shape index (κ1) is 16.5. The smallest absolute Gasteiger partial charge is 0.253 e. The fourth-order valence-electron chi connectivity index (χ4n) is 2.57. The third-order valence-corrected chi connectivity index (χ3v) is 3.93. The number of carbonyl (C=O) groups excluding carboxylic acids is 2. The normalized spacial score (nSPS) is 15.9. The van der Waals surface area contributed by atoms with E-state index >= 15 is 0 Å². The van der Waals surface area contributed by atoms with Crippen LogP contribution in [-0.2, 0) is 4.79 Å². The topological polar surface area (TPSA) is 49.4 Å². The summed E-state index contributed by atoms with van der Waals surface area (Å²) < 4.78 is 12.9. The van der Waals surface area contributed by atoms with Crippen LogP contribution in [0.5, 0.6) is 0 Å². The molecule has 1 aromatic rings. The van der Waals surface area contributed by atoms with Crippen LogP contribution in [0.25, 0.3) is 0 Å². The van der Waals surface area contributed by atoms with E-state index in [0.717, 1.165) is 0 Å². The van der Waals surface area contributed by atoms with Crippen molar-refractivity contribution in [2.24, 2.45) is 11.8 Å². The number of carbonyl (C=O) groups is 2. The lowest BCUT2D eigenvalue weighted by Gasteiger charge is -2.31. The average Bonchev–Trinajstić information content (AvgIpc) is 2.53. The van der Waals surface area contributed by atoms with Crippen molar-refractivity contribution in [3.8, 4) is 0 Å². The lowest BCUT2D eigenvalue weighted by Crippen LogP contribution is -2.43. The van der Waals surface area contributed by atoms with Crippen molar-refractivity contribution in [3.63, 3.8) is 0 Å². The Morgan fingerprint density at radius 2 is 1.82 bits per heavy atom. The van der Waals surface area contributed by atoms with Gasteiger partial charge in [-0.05, 0) is 43.0 Å². The standard InChI is InChI=1S/C17H23FN2O2/c1-12(2)11-19-16(21)13-7-9-20(10-8-13)17(22)14-3-5-15(18)6-4-14/h3-6,12-13H,7-11H2,1-2H3,(H,19,21). The van der Waals surface area contributed by atoms with Crippen LogP contribution in [0.3, 0.4) is 0 Å². The molecule has 0 aromatic heterocycles. The van der Waals surface area contributed by atoms with Crippen LogP contribution in [0.15, 0.2) is 24.3 Å². The quantitative estimate of drug-likeness (QED) is 0.929. The van der Waals surface area contributed by atoms with E-state index in [2.05, 4.69) is 19.2 Å². The van der Waals surface area contributed by atoms with Crippen molar-refractivity contribution < 1.29 is 14.0 Å². The van der Waals surface area contributed by atoms with E-state index in [9.17, 15) is 14.0 Å². The SMILES string of the molecule is CC(C)CNC(=O)C1CCN(C(=O)c2ccc(F)cc2)CC1. The summed E-state index contributed by atoms with van der Waals surface area (Å²) >= 11 is 0. The first-order chi connectivity index (χ1) is 10.5. The van der Waals surface area contributed by atoms with Crippen LogP contribution in [0.1, 0.15) is 37.0 Å². The summed E-state index contributed by atoms with van der Waals surface area (Å²) in [5.41, 5.74) is 0.490. The highest BCUT2D eigenvalue weighted by Crippen LogP contribution is 2.19.